The molecule has 0 spiro atoms. The fourth-order valence-corrected chi connectivity index (χ4v) is 1.71. The minimum atomic E-state index is -0.223. The average Bonchev–Trinajstić information content (AvgIpc) is 2.88. The molecule has 1 atom stereocenters. The number of carbonyl (C=O) groups is 2. The monoisotopic (exact) mass is 242 g/mol. The Morgan fingerprint density at radius 1 is 1.22 bits per heavy atom. The summed E-state index contributed by atoms with van der Waals surface area (Å²) in [6.45, 7) is 1.91. The maximum Gasteiger partial charge on any atom is 0.268 e. The van der Waals surface area contributed by atoms with Crippen LogP contribution in [-0.2, 0) is 0 Å². The number of rotatable bonds is 4. The number of benzene rings is 1. The van der Waals surface area contributed by atoms with Crippen molar-refractivity contribution in [3.63, 3.8) is 0 Å². The van der Waals surface area contributed by atoms with Gasteiger partial charge in [-0.1, -0.05) is 30.3 Å². The molecule has 4 heteroatoms. The van der Waals surface area contributed by atoms with E-state index in [9.17, 15) is 9.59 Å². The molecule has 2 N–H and O–H groups in total. The fourth-order valence-electron chi connectivity index (χ4n) is 1.71. The second kappa shape index (κ2) is 5.31. The van der Waals surface area contributed by atoms with Crippen LogP contribution in [0.2, 0.25) is 0 Å². The summed E-state index contributed by atoms with van der Waals surface area (Å²) in [5, 5.41) is 2.86. The SMILES string of the molecule is CC(NC(=O)c1ccc(C=O)[nH]1)c1ccccc1. The van der Waals surface area contributed by atoms with E-state index in [-0.39, 0.29) is 11.9 Å². The van der Waals surface area contributed by atoms with Crippen LogP contribution in [0.1, 0.15) is 39.5 Å². The number of hydrogen-bond acceptors (Lipinski definition) is 2. The van der Waals surface area contributed by atoms with Crippen molar-refractivity contribution >= 4 is 12.2 Å². The lowest BCUT2D eigenvalue weighted by molar-refractivity contribution is 0.0935. The van der Waals surface area contributed by atoms with Crippen molar-refractivity contribution in [2.45, 2.75) is 13.0 Å². The molecule has 2 rings (SSSR count). The van der Waals surface area contributed by atoms with Gasteiger partial charge in [0.25, 0.3) is 5.91 Å². The number of aromatic nitrogens is 1. The first-order valence-corrected chi connectivity index (χ1v) is 5.70. The highest BCUT2D eigenvalue weighted by molar-refractivity contribution is 5.93. The molecule has 0 aliphatic carbocycles. The molecule has 1 aromatic heterocycles. The van der Waals surface area contributed by atoms with Gasteiger partial charge in [0, 0.05) is 0 Å². The third-order valence-corrected chi connectivity index (χ3v) is 2.73. The van der Waals surface area contributed by atoms with E-state index in [1.54, 1.807) is 12.1 Å². The molecule has 0 aliphatic heterocycles. The van der Waals surface area contributed by atoms with Crippen molar-refractivity contribution in [3.8, 4) is 0 Å². The van der Waals surface area contributed by atoms with Crippen LogP contribution < -0.4 is 5.32 Å². The lowest BCUT2D eigenvalue weighted by Gasteiger charge is -2.13. The second-order valence-electron chi connectivity index (χ2n) is 4.05. The van der Waals surface area contributed by atoms with Gasteiger partial charge in [-0.15, -0.1) is 0 Å². The molecule has 92 valence electrons. The van der Waals surface area contributed by atoms with Crippen molar-refractivity contribution < 1.29 is 9.59 Å². The minimum Gasteiger partial charge on any atom is -0.348 e. The van der Waals surface area contributed by atoms with E-state index in [1.165, 1.54) is 0 Å². The minimum absolute atomic E-state index is 0.0818. The quantitative estimate of drug-likeness (QED) is 0.808. The smallest absolute Gasteiger partial charge is 0.268 e. The summed E-state index contributed by atoms with van der Waals surface area (Å²) in [5.41, 5.74) is 1.82. The Morgan fingerprint density at radius 2 is 1.94 bits per heavy atom. The zero-order chi connectivity index (χ0) is 13.0. The number of nitrogens with one attached hydrogen (secondary N) is 2. The molecule has 0 aliphatic rings. The molecular weight excluding hydrogens is 228 g/mol. The summed E-state index contributed by atoms with van der Waals surface area (Å²) in [7, 11) is 0. The predicted molar refractivity (Wildman–Crippen MR) is 68.5 cm³/mol. The van der Waals surface area contributed by atoms with Crippen molar-refractivity contribution in [1.82, 2.24) is 10.3 Å². The third kappa shape index (κ3) is 2.66. The van der Waals surface area contributed by atoms with Crippen LogP contribution >= 0.6 is 0 Å². The molecule has 18 heavy (non-hydrogen) atoms. The molecule has 0 saturated heterocycles. The van der Waals surface area contributed by atoms with E-state index >= 15 is 0 Å². The van der Waals surface area contributed by atoms with Crippen LogP contribution in [0.25, 0.3) is 0 Å². The number of hydrogen-bond donors (Lipinski definition) is 2. The van der Waals surface area contributed by atoms with Gasteiger partial charge >= 0.3 is 0 Å². The number of aldehydes is 1. The van der Waals surface area contributed by atoms with Crippen LogP contribution in [-0.4, -0.2) is 17.2 Å². The topological polar surface area (TPSA) is 62.0 Å². The molecule has 4 nitrogen and oxygen atoms in total. The summed E-state index contributed by atoms with van der Waals surface area (Å²) in [6.07, 6.45) is 0.678. The van der Waals surface area contributed by atoms with E-state index in [4.69, 9.17) is 0 Å². The van der Waals surface area contributed by atoms with Crippen LogP contribution in [0.15, 0.2) is 42.5 Å². The molecule has 1 aromatic carbocycles. The summed E-state index contributed by atoms with van der Waals surface area (Å²) in [5.74, 6) is -0.223. The van der Waals surface area contributed by atoms with Gasteiger partial charge in [-0.25, -0.2) is 0 Å². The molecule has 1 unspecified atom stereocenters. The Hall–Kier alpha value is -2.36. The van der Waals surface area contributed by atoms with Crippen LogP contribution in [0, 0.1) is 0 Å². The average molecular weight is 242 g/mol. The largest absolute Gasteiger partial charge is 0.348 e. The zero-order valence-electron chi connectivity index (χ0n) is 10.0. The summed E-state index contributed by atoms with van der Waals surface area (Å²) < 4.78 is 0. The van der Waals surface area contributed by atoms with Gasteiger partial charge in [-0.2, -0.15) is 0 Å². The Morgan fingerprint density at radius 3 is 2.56 bits per heavy atom. The molecule has 0 saturated carbocycles. The van der Waals surface area contributed by atoms with Crippen LogP contribution in [0.5, 0.6) is 0 Å². The first-order valence-electron chi connectivity index (χ1n) is 5.70. The second-order valence-corrected chi connectivity index (χ2v) is 4.05. The molecule has 1 amide bonds. The first-order chi connectivity index (χ1) is 8.70. The Kier molecular flexibility index (Phi) is 3.57. The molecule has 0 radical (unpaired) electrons. The van der Waals surface area contributed by atoms with E-state index in [0.29, 0.717) is 17.7 Å². The van der Waals surface area contributed by atoms with Gasteiger partial charge in [0.15, 0.2) is 6.29 Å². The zero-order valence-corrected chi connectivity index (χ0v) is 10.0. The Labute approximate surface area is 105 Å². The highest BCUT2D eigenvalue weighted by atomic mass is 16.2. The highest BCUT2D eigenvalue weighted by Crippen LogP contribution is 2.12. The van der Waals surface area contributed by atoms with Gasteiger partial charge in [0.1, 0.15) is 5.69 Å². The number of aromatic amines is 1. The van der Waals surface area contributed by atoms with Gasteiger partial charge in [-0.3, -0.25) is 9.59 Å². The molecule has 2 aromatic rings. The first kappa shape index (κ1) is 12.1. The molecule has 1 heterocycles. The standard InChI is InChI=1S/C14H14N2O2/c1-10(11-5-3-2-4-6-11)15-14(18)13-8-7-12(9-17)16-13/h2-10,16H,1H3,(H,15,18). The predicted octanol–water partition coefficient (Wildman–Crippen LogP) is 2.32. The number of carbonyl (C=O) groups excluding carboxylic acids is 2. The molecule has 0 fully saturated rings. The van der Waals surface area contributed by atoms with Crippen molar-refractivity contribution in [3.05, 3.63) is 59.4 Å². The fraction of sp³-hybridized carbons (Fsp3) is 0.143. The van der Waals surface area contributed by atoms with E-state index in [1.807, 2.05) is 37.3 Å². The molecular formula is C14H14N2O2. The van der Waals surface area contributed by atoms with E-state index < -0.39 is 0 Å². The maximum absolute atomic E-state index is 11.9. The van der Waals surface area contributed by atoms with Crippen LogP contribution in [0.4, 0.5) is 0 Å². The van der Waals surface area contributed by atoms with Crippen molar-refractivity contribution in [1.29, 1.82) is 0 Å². The van der Waals surface area contributed by atoms with Gasteiger partial charge < -0.3 is 10.3 Å². The summed E-state index contributed by atoms with van der Waals surface area (Å²) >= 11 is 0. The number of H-pyrrole nitrogens is 1. The van der Waals surface area contributed by atoms with Crippen molar-refractivity contribution in [2.24, 2.45) is 0 Å². The maximum atomic E-state index is 11.9. The lowest BCUT2D eigenvalue weighted by atomic mass is 10.1. The lowest BCUT2D eigenvalue weighted by Crippen LogP contribution is -2.26. The Bertz CT molecular complexity index is 546. The number of amides is 1. The normalized spacial score (nSPS) is 11.8. The van der Waals surface area contributed by atoms with Gasteiger partial charge in [0.2, 0.25) is 0 Å². The summed E-state index contributed by atoms with van der Waals surface area (Å²) in [6, 6.07) is 12.8. The summed E-state index contributed by atoms with van der Waals surface area (Å²) in [4.78, 5) is 25.2. The van der Waals surface area contributed by atoms with Gasteiger partial charge in [-0.05, 0) is 24.6 Å². The van der Waals surface area contributed by atoms with Crippen LogP contribution in [0.3, 0.4) is 0 Å². The van der Waals surface area contributed by atoms with Crippen molar-refractivity contribution in [2.75, 3.05) is 0 Å². The molecule has 0 bridgehead atoms. The van der Waals surface area contributed by atoms with E-state index in [2.05, 4.69) is 10.3 Å². The van der Waals surface area contributed by atoms with E-state index in [0.717, 1.165) is 5.56 Å². The van der Waals surface area contributed by atoms with Gasteiger partial charge in [0.05, 0.1) is 11.7 Å². The highest BCUT2D eigenvalue weighted by Gasteiger charge is 2.12. The Balaban J connectivity index is 2.05. The third-order valence-electron chi connectivity index (χ3n) is 2.73.